The second-order valence-electron chi connectivity index (χ2n) is 8.02. The van der Waals surface area contributed by atoms with E-state index in [4.69, 9.17) is 14.7 Å². The number of nitriles is 1. The Labute approximate surface area is 182 Å². The number of nitrogens with one attached hydrogen (secondary N) is 1. The number of nitrogens with zero attached hydrogens (tertiary/aromatic N) is 1. The monoisotopic (exact) mass is 418 g/mol. The van der Waals surface area contributed by atoms with Crippen LogP contribution >= 0.6 is 0 Å². The number of esters is 1. The van der Waals surface area contributed by atoms with E-state index in [1.54, 1.807) is 31.2 Å². The van der Waals surface area contributed by atoms with Gasteiger partial charge in [0.1, 0.15) is 0 Å². The van der Waals surface area contributed by atoms with Crippen LogP contribution in [0.1, 0.15) is 53.1 Å². The molecule has 0 saturated carbocycles. The number of carbonyl (C=O) groups is 2. The van der Waals surface area contributed by atoms with Crippen molar-refractivity contribution in [2.75, 3.05) is 11.9 Å². The van der Waals surface area contributed by atoms with E-state index in [1.165, 1.54) is 22.3 Å². The van der Waals surface area contributed by atoms with Gasteiger partial charge < -0.3 is 9.47 Å². The number of hydrogen-bond donors (Lipinski definition) is 1. The van der Waals surface area contributed by atoms with Crippen LogP contribution in [0.4, 0.5) is 10.5 Å². The van der Waals surface area contributed by atoms with Crippen molar-refractivity contribution in [3.63, 3.8) is 0 Å². The second kappa shape index (κ2) is 9.22. The number of carbonyl (C=O) groups excluding carboxylic acids is 2. The Kier molecular flexibility index (Phi) is 6.22. The first-order chi connectivity index (χ1) is 15.1. The Balaban J connectivity index is 1.52. The van der Waals surface area contributed by atoms with E-state index in [1.807, 2.05) is 0 Å². The van der Waals surface area contributed by atoms with E-state index < -0.39 is 18.2 Å². The molecule has 4 rings (SSSR count). The normalized spacial score (nSPS) is 14.8. The summed E-state index contributed by atoms with van der Waals surface area (Å²) >= 11 is 0. The number of rotatable bonds is 6. The number of hydrogen-bond acceptors (Lipinski definition) is 5. The van der Waals surface area contributed by atoms with E-state index in [-0.39, 0.29) is 13.0 Å². The molecule has 2 aromatic carbocycles. The van der Waals surface area contributed by atoms with Crippen molar-refractivity contribution in [1.82, 2.24) is 0 Å². The van der Waals surface area contributed by atoms with Gasteiger partial charge >= 0.3 is 12.1 Å². The molecule has 0 radical (unpaired) electrons. The first-order valence-electron chi connectivity index (χ1n) is 10.9. The van der Waals surface area contributed by atoms with Crippen molar-refractivity contribution in [2.24, 2.45) is 0 Å². The summed E-state index contributed by atoms with van der Waals surface area (Å²) in [6.07, 6.45) is 4.64. The molecule has 0 heterocycles. The summed E-state index contributed by atoms with van der Waals surface area (Å²) in [6.45, 7) is 1.92. The summed E-state index contributed by atoms with van der Waals surface area (Å²) in [6, 6.07) is 11.2. The zero-order valence-corrected chi connectivity index (χ0v) is 17.7. The standard InChI is InChI=1S/C25H26N2O4/c1-2-30-24(28)22(13-16-9-11-17(15-26)12-10-16)31-25(29)27-23-20-7-3-5-18(20)14-19-6-4-8-21(19)23/h9-12,14,22H,2-8,13H2,1H3,(H,27,29). The highest BCUT2D eigenvalue weighted by Crippen LogP contribution is 2.38. The molecular weight excluding hydrogens is 392 g/mol. The average Bonchev–Trinajstić information content (AvgIpc) is 3.43. The van der Waals surface area contributed by atoms with Crippen molar-refractivity contribution in [3.8, 4) is 6.07 Å². The fraction of sp³-hybridized carbons (Fsp3) is 0.400. The van der Waals surface area contributed by atoms with E-state index in [0.717, 1.165) is 49.8 Å². The minimum absolute atomic E-state index is 0.183. The van der Waals surface area contributed by atoms with Crippen molar-refractivity contribution >= 4 is 17.7 Å². The number of aryl methyl sites for hydroxylation is 2. The van der Waals surface area contributed by atoms with Gasteiger partial charge in [-0.25, -0.2) is 9.59 Å². The summed E-state index contributed by atoms with van der Waals surface area (Å²) in [5, 5.41) is 11.9. The highest BCUT2D eigenvalue weighted by Gasteiger charge is 2.28. The third kappa shape index (κ3) is 4.56. The van der Waals surface area contributed by atoms with Crippen LogP contribution in [0.3, 0.4) is 0 Å². The maximum absolute atomic E-state index is 12.8. The lowest BCUT2D eigenvalue weighted by Crippen LogP contribution is -2.33. The van der Waals surface area contributed by atoms with Crippen LogP contribution in [0, 0.1) is 11.3 Å². The topological polar surface area (TPSA) is 88.4 Å². The molecule has 1 unspecified atom stereocenters. The minimum Gasteiger partial charge on any atom is -0.463 e. The third-order valence-electron chi connectivity index (χ3n) is 6.00. The summed E-state index contributed by atoms with van der Waals surface area (Å²) in [5.74, 6) is -0.578. The average molecular weight is 418 g/mol. The van der Waals surface area contributed by atoms with Gasteiger partial charge in [-0.05, 0) is 85.4 Å². The Morgan fingerprint density at radius 3 is 2.29 bits per heavy atom. The van der Waals surface area contributed by atoms with Crippen LogP contribution in [0.15, 0.2) is 30.3 Å². The lowest BCUT2D eigenvalue weighted by atomic mass is 9.99. The van der Waals surface area contributed by atoms with Crippen molar-refractivity contribution in [1.29, 1.82) is 5.26 Å². The molecule has 0 fully saturated rings. The Morgan fingerprint density at radius 2 is 1.71 bits per heavy atom. The molecular formula is C25H26N2O4. The summed E-state index contributed by atoms with van der Waals surface area (Å²) in [5.41, 5.74) is 7.24. The van der Waals surface area contributed by atoms with E-state index in [0.29, 0.717) is 5.56 Å². The number of benzene rings is 2. The quantitative estimate of drug-likeness (QED) is 0.708. The van der Waals surface area contributed by atoms with Crippen LogP contribution in [0.25, 0.3) is 0 Å². The maximum atomic E-state index is 12.8. The molecule has 1 atom stereocenters. The van der Waals surface area contributed by atoms with Crippen LogP contribution in [0.2, 0.25) is 0 Å². The number of fused-ring (bicyclic) bond motifs is 2. The van der Waals surface area contributed by atoms with Crippen molar-refractivity contribution in [3.05, 3.63) is 63.7 Å². The molecule has 2 aromatic rings. The van der Waals surface area contributed by atoms with Gasteiger partial charge in [0.05, 0.1) is 23.9 Å². The first-order valence-corrected chi connectivity index (χ1v) is 10.9. The van der Waals surface area contributed by atoms with Crippen molar-refractivity contribution in [2.45, 2.75) is 58.0 Å². The summed E-state index contributed by atoms with van der Waals surface area (Å²) in [4.78, 5) is 25.3. The molecule has 0 saturated heterocycles. The summed E-state index contributed by atoms with van der Waals surface area (Å²) in [7, 11) is 0. The van der Waals surface area contributed by atoms with Crippen LogP contribution < -0.4 is 5.32 Å². The zero-order chi connectivity index (χ0) is 21.8. The molecule has 1 amide bonds. The molecule has 1 N–H and O–H groups in total. The predicted octanol–water partition coefficient (Wildman–Crippen LogP) is 4.26. The van der Waals surface area contributed by atoms with Gasteiger partial charge in [0.2, 0.25) is 6.10 Å². The largest absolute Gasteiger partial charge is 0.463 e. The number of anilines is 1. The Bertz CT molecular complexity index is 1000. The maximum Gasteiger partial charge on any atom is 0.412 e. The van der Waals surface area contributed by atoms with Gasteiger partial charge in [0.15, 0.2) is 0 Å². The molecule has 6 heteroatoms. The van der Waals surface area contributed by atoms with Crippen LogP contribution in [-0.2, 0) is 46.4 Å². The molecule has 160 valence electrons. The number of amides is 1. The molecule has 6 nitrogen and oxygen atoms in total. The van der Waals surface area contributed by atoms with E-state index >= 15 is 0 Å². The van der Waals surface area contributed by atoms with Gasteiger partial charge in [-0.2, -0.15) is 5.26 Å². The number of ether oxygens (including phenoxy) is 2. The third-order valence-corrected chi connectivity index (χ3v) is 6.00. The fourth-order valence-corrected chi connectivity index (χ4v) is 4.57. The Morgan fingerprint density at radius 1 is 1.06 bits per heavy atom. The molecule has 2 aliphatic rings. The van der Waals surface area contributed by atoms with Crippen LogP contribution in [-0.4, -0.2) is 24.8 Å². The molecule has 0 spiro atoms. The highest BCUT2D eigenvalue weighted by molar-refractivity contribution is 5.90. The summed E-state index contributed by atoms with van der Waals surface area (Å²) < 4.78 is 10.7. The predicted molar refractivity (Wildman–Crippen MR) is 116 cm³/mol. The zero-order valence-electron chi connectivity index (χ0n) is 17.7. The Hall–Kier alpha value is -3.33. The van der Waals surface area contributed by atoms with Gasteiger partial charge in [0.25, 0.3) is 0 Å². The van der Waals surface area contributed by atoms with E-state index in [9.17, 15) is 9.59 Å². The molecule has 0 aliphatic heterocycles. The van der Waals surface area contributed by atoms with Crippen LogP contribution in [0.5, 0.6) is 0 Å². The SMILES string of the molecule is CCOC(=O)C(Cc1ccc(C#N)cc1)OC(=O)Nc1c2c(cc3c1CCC3)CCC2. The van der Waals surface area contributed by atoms with E-state index in [2.05, 4.69) is 17.5 Å². The van der Waals surface area contributed by atoms with Gasteiger partial charge in [-0.3, -0.25) is 5.32 Å². The van der Waals surface area contributed by atoms with Gasteiger partial charge in [0, 0.05) is 6.42 Å². The molecule has 0 bridgehead atoms. The fourth-order valence-electron chi connectivity index (χ4n) is 4.57. The smallest absolute Gasteiger partial charge is 0.412 e. The minimum atomic E-state index is -1.06. The lowest BCUT2D eigenvalue weighted by Gasteiger charge is -2.19. The van der Waals surface area contributed by atoms with Crippen molar-refractivity contribution < 1.29 is 19.1 Å². The lowest BCUT2D eigenvalue weighted by molar-refractivity contribution is -0.152. The highest BCUT2D eigenvalue weighted by atomic mass is 16.6. The molecule has 0 aromatic heterocycles. The molecule has 2 aliphatic carbocycles. The molecule has 31 heavy (non-hydrogen) atoms. The van der Waals surface area contributed by atoms with Gasteiger partial charge in [-0.15, -0.1) is 0 Å². The second-order valence-corrected chi connectivity index (χ2v) is 8.02. The first kappa shape index (κ1) is 20.9. The van der Waals surface area contributed by atoms with Gasteiger partial charge in [-0.1, -0.05) is 18.2 Å².